The van der Waals surface area contributed by atoms with Crippen molar-refractivity contribution in [2.24, 2.45) is 0 Å². The summed E-state index contributed by atoms with van der Waals surface area (Å²) < 4.78 is 14.8. The van der Waals surface area contributed by atoms with Crippen LogP contribution < -0.4 is 0 Å². The lowest BCUT2D eigenvalue weighted by molar-refractivity contribution is 0.622. The first-order chi connectivity index (χ1) is 23.3. The van der Waals surface area contributed by atoms with E-state index in [0.29, 0.717) is 5.89 Å². The molecule has 47 heavy (non-hydrogen) atoms. The molecular formula is C43H26N2O2. The van der Waals surface area contributed by atoms with E-state index in [1.807, 2.05) is 30.3 Å². The number of benzene rings is 7. The summed E-state index contributed by atoms with van der Waals surface area (Å²) in [5.41, 5.74) is 12.3. The summed E-state index contributed by atoms with van der Waals surface area (Å²) in [7, 11) is 0. The van der Waals surface area contributed by atoms with Crippen LogP contribution in [0.4, 0.5) is 0 Å². The second-order valence-electron chi connectivity index (χ2n) is 12.0. The topological polar surface area (TPSA) is 44.1 Å². The Kier molecular flexibility index (Phi) is 5.54. The SMILES string of the molecule is c1ccc(-c2cccc(-n3c4ccccc4c4ccc(-c5ccc(-c6nc7ccc8oc9ccccc9c8c7o6)cc5)cc43)c2)cc1. The number of hydrogen-bond donors (Lipinski definition) is 0. The molecule has 0 bridgehead atoms. The average molecular weight is 603 g/mol. The molecule has 220 valence electrons. The van der Waals surface area contributed by atoms with Crippen molar-refractivity contribution in [3.63, 3.8) is 0 Å². The van der Waals surface area contributed by atoms with Gasteiger partial charge in [0, 0.05) is 27.4 Å². The van der Waals surface area contributed by atoms with Gasteiger partial charge in [-0.3, -0.25) is 0 Å². The highest BCUT2D eigenvalue weighted by atomic mass is 16.4. The van der Waals surface area contributed by atoms with Crippen LogP contribution in [0.25, 0.3) is 94.2 Å². The summed E-state index contributed by atoms with van der Waals surface area (Å²) in [5, 5.41) is 4.47. The zero-order valence-corrected chi connectivity index (χ0v) is 25.2. The fraction of sp³-hybridized carbons (Fsp3) is 0. The smallest absolute Gasteiger partial charge is 0.227 e. The molecule has 0 amide bonds. The first kappa shape index (κ1) is 25.9. The lowest BCUT2D eigenvalue weighted by atomic mass is 10.0. The van der Waals surface area contributed by atoms with E-state index >= 15 is 0 Å². The van der Waals surface area contributed by atoms with Crippen molar-refractivity contribution in [3.8, 4) is 39.4 Å². The molecule has 0 aliphatic heterocycles. The van der Waals surface area contributed by atoms with Gasteiger partial charge < -0.3 is 13.4 Å². The van der Waals surface area contributed by atoms with Crippen LogP contribution in [0.3, 0.4) is 0 Å². The fourth-order valence-corrected chi connectivity index (χ4v) is 7.01. The number of para-hydroxylation sites is 2. The molecule has 0 unspecified atom stereocenters. The molecule has 10 aromatic rings. The molecule has 0 saturated heterocycles. The van der Waals surface area contributed by atoms with Crippen molar-refractivity contribution in [2.75, 3.05) is 0 Å². The normalized spacial score (nSPS) is 11.8. The van der Waals surface area contributed by atoms with Crippen molar-refractivity contribution < 1.29 is 8.83 Å². The van der Waals surface area contributed by atoms with Crippen molar-refractivity contribution in [2.45, 2.75) is 0 Å². The van der Waals surface area contributed by atoms with Crippen LogP contribution in [0.5, 0.6) is 0 Å². The highest BCUT2D eigenvalue weighted by Gasteiger charge is 2.17. The van der Waals surface area contributed by atoms with Gasteiger partial charge in [-0.15, -0.1) is 0 Å². The predicted octanol–water partition coefficient (Wildman–Crippen LogP) is 11.8. The number of furan rings is 1. The summed E-state index contributed by atoms with van der Waals surface area (Å²) in [6.45, 7) is 0. The monoisotopic (exact) mass is 602 g/mol. The van der Waals surface area contributed by atoms with Crippen molar-refractivity contribution >= 4 is 54.8 Å². The number of hydrogen-bond acceptors (Lipinski definition) is 3. The van der Waals surface area contributed by atoms with Crippen molar-refractivity contribution in [1.29, 1.82) is 0 Å². The highest BCUT2D eigenvalue weighted by Crippen LogP contribution is 2.38. The largest absolute Gasteiger partial charge is 0.456 e. The molecule has 0 N–H and O–H groups in total. The van der Waals surface area contributed by atoms with Gasteiger partial charge in [0.25, 0.3) is 0 Å². The standard InChI is InChI=1S/C43H26N2O2/c1-2-9-27(10-3-1)30-11-8-12-32(25-30)45-37-15-6-4-13-33(37)34-22-21-31(26-38(34)45)28-17-19-29(20-18-28)43-44-36-23-24-40-41(42(36)47-43)35-14-5-7-16-39(35)46-40/h1-26H. The van der Waals surface area contributed by atoms with E-state index in [1.165, 1.54) is 32.9 Å². The highest BCUT2D eigenvalue weighted by molar-refractivity contribution is 6.16. The van der Waals surface area contributed by atoms with E-state index in [1.54, 1.807) is 0 Å². The molecule has 0 fully saturated rings. The predicted molar refractivity (Wildman–Crippen MR) is 192 cm³/mol. The van der Waals surface area contributed by atoms with Crippen molar-refractivity contribution in [1.82, 2.24) is 9.55 Å². The quantitative estimate of drug-likeness (QED) is 0.201. The van der Waals surface area contributed by atoms with Gasteiger partial charge in [0.15, 0.2) is 5.58 Å². The Morgan fingerprint density at radius 3 is 2.00 bits per heavy atom. The number of fused-ring (bicyclic) bond motifs is 8. The molecule has 0 radical (unpaired) electrons. The third kappa shape index (κ3) is 4.05. The van der Waals surface area contributed by atoms with Crippen LogP contribution in [0, 0.1) is 0 Å². The average Bonchev–Trinajstić information content (AvgIpc) is 3.83. The van der Waals surface area contributed by atoms with E-state index < -0.39 is 0 Å². The molecule has 3 heterocycles. The Balaban J connectivity index is 1.07. The molecule has 4 nitrogen and oxygen atoms in total. The van der Waals surface area contributed by atoms with Gasteiger partial charge in [0.05, 0.1) is 16.4 Å². The van der Waals surface area contributed by atoms with E-state index in [2.05, 4.69) is 132 Å². The Morgan fingerprint density at radius 1 is 0.426 bits per heavy atom. The second-order valence-corrected chi connectivity index (χ2v) is 12.0. The van der Waals surface area contributed by atoms with Gasteiger partial charge in [-0.1, -0.05) is 103 Å². The van der Waals surface area contributed by atoms with E-state index in [0.717, 1.165) is 55.4 Å². The number of nitrogens with zero attached hydrogens (tertiary/aromatic N) is 2. The summed E-state index contributed by atoms with van der Waals surface area (Å²) in [6.07, 6.45) is 0. The Bertz CT molecular complexity index is 2780. The maximum Gasteiger partial charge on any atom is 0.227 e. The first-order valence-corrected chi connectivity index (χ1v) is 15.8. The minimum atomic E-state index is 0.596. The fourth-order valence-electron chi connectivity index (χ4n) is 7.01. The molecule has 0 spiro atoms. The van der Waals surface area contributed by atoms with Gasteiger partial charge >= 0.3 is 0 Å². The molecule has 7 aromatic carbocycles. The first-order valence-electron chi connectivity index (χ1n) is 15.8. The maximum atomic E-state index is 6.40. The number of rotatable bonds is 4. The summed E-state index contributed by atoms with van der Waals surface area (Å²) in [4.78, 5) is 4.85. The number of oxazole rings is 1. The Morgan fingerprint density at radius 2 is 1.11 bits per heavy atom. The Labute approximate surface area is 269 Å². The zero-order valence-electron chi connectivity index (χ0n) is 25.2. The molecule has 4 heteroatoms. The minimum absolute atomic E-state index is 0.596. The van der Waals surface area contributed by atoms with E-state index in [4.69, 9.17) is 13.8 Å². The lowest BCUT2D eigenvalue weighted by Crippen LogP contribution is -1.94. The summed E-state index contributed by atoms with van der Waals surface area (Å²) in [6, 6.07) is 55.2. The van der Waals surface area contributed by atoms with Gasteiger partial charge in [0.2, 0.25) is 5.89 Å². The van der Waals surface area contributed by atoms with Gasteiger partial charge in [-0.2, -0.15) is 0 Å². The number of aromatic nitrogens is 2. The maximum absolute atomic E-state index is 6.40. The van der Waals surface area contributed by atoms with E-state index in [-0.39, 0.29) is 0 Å². The molecular weight excluding hydrogens is 576 g/mol. The van der Waals surface area contributed by atoms with Crippen LogP contribution in [0.15, 0.2) is 167 Å². The lowest BCUT2D eigenvalue weighted by Gasteiger charge is -2.11. The molecule has 10 rings (SSSR count). The van der Waals surface area contributed by atoms with E-state index in [9.17, 15) is 0 Å². The molecule has 0 aliphatic carbocycles. The molecule has 3 aromatic heterocycles. The summed E-state index contributed by atoms with van der Waals surface area (Å²) >= 11 is 0. The van der Waals surface area contributed by atoms with Crippen LogP contribution >= 0.6 is 0 Å². The van der Waals surface area contributed by atoms with Crippen LogP contribution in [0.2, 0.25) is 0 Å². The third-order valence-corrected chi connectivity index (χ3v) is 9.25. The van der Waals surface area contributed by atoms with Crippen LogP contribution in [0.1, 0.15) is 0 Å². The zero-order chi connectivity index (χ0) is 30.9. The Hall–Kier alpha value is -6.39. The second kappa shape index (κ2) is 10.1. The molecule has 0 aliphatic rings. The third-order valence-electron chi connectivity index (χ3n) is 9.25. The molecule has 0 saturated carbocycles. The van der Waals surface area contributed by atoms with Gasteiger partial charge in [-0.25, -0.2) is 4.98 Å². The van der Waals surface area contributed by atoms with Crippen molar-refractivity contribution in [3.05, 3.63) is 158 Å². The van der Waals surface area contributed by atoms with Gasteiger partial charge in [0.1, 0.15) is 16.7 Å². The van der Waals surface area contributed by atoms with Crippen LogP contribution in [-0.2, 0) is 0 Å². The van der Waals surface area contributed by atoms with Gasteiger partial charge in [-0.05, 0) is 76.9 Å². The minimum Gasteiger partial charge on any atom is -0.456 e. The summed E-state index contributed by atoms with van der Waals surface area (Å²) in [5.74, 6) is 0.596. The molecule has 0 atom stereocenters. The van der Waals surface area contributed by atoms with Crippen LogP contribution in [-0.4, -0.2) is 9.55 Å².